The second-order valence-electron chi connectivity index (χ2n) is 4.72. The molecule has 1 saturated carbocycles. The molecule has 4 heteroatoms. The molecule has 1 fully saturated rings. The van der Waals surface area contributed by atoms with Crippen LogP contribution in [0.4, 0.5) is 5.69 Å². The zero-order valence-corrected chi connectivity index (χ0v) is 12.7. The maximum absolute atomic E-state index is 5.23. The summed E-state index contributed by atoms with van der Waals surface area (Å²) in [7, 11) is 3.75. The second kappa shape index (κ2) is 6.55. The van der Waals surface area contributed by atoms with Crippen molar-refractivity contribution < 1.29 is 4.74 Å². The third-order valence-corrected chi connectivity index (χ3v) is 3.74. The molecule has 1 aromatic rings. The van der Waals surface area contributed by atoms with Gasteiger partial charge in [-0.3, -0.25) is 0 Å². The molecule has 0 unspecified atom stereocenters. The van der Waals surface area contributed by atoms with E-state index in [1.54, 1.807) is 7.11 Å². The number of methoxy groups -OCH3 is 1. The van der Waals surface area contributed by atoms with Crippen LogP contribution in [-0.2, 0) is 11.3 Å². The van der Waals surface area contributed by atoms with Crippen LogP contribution < -0.4 is 10.2 Å². The molecule has 0 spiro atoms. The summed E-state index contributed by atoms with van der Waals surface area (Å²) in [6, 6.07) is 7.24. The van der Waals surface area contributed by atoms with Crippen molar-refractivity contribution in [1.82, 2.24) is 5.32 Å². The van der Waals surface area contributed by atoms with Crippen molar-refractivity contribution in [1.29, 1.82) is 0 Å². The molecule has 0 radical (unpaired) electrons. The molecule has 1 N–H and O–H groups in total. The van der Waals surface area contributed by atoms with Gasteiger partial charge in [-0.2, -0.15) is 0 Å². The molecule has 0 amide bonds. The third kappa shape index (κ3) is 3.46. The Kier molecular flexibility index (Phi) is 5.03. The number of ether oxygens (including phenoxy) is 1. The molecular weight excluding hydrogens is 292 g/mol. The number of hydrogen-bond donors (Lipinski definition) is 1. The van der Waals surface area contributed by atoms with Crippen LogP contribution >= 0.6 is 15.9 Å². The van der Waals surface area contributed by atoms with E-state index in [-0.39, 0.29) is 0 Å². The summed E-state index contributed by atoms with van der Waals surface area (Å²) in [4.78, 5) is 2.49. The van der Waals surface area contributed by atoms with Crippen LogP contribution in [0.3, 0.4) is 0 Å². The lowest BCUT2D eigenvalue weighted by atomic mass is 10.1. The Hall–Kier alpha value is -0.580. The molecule has 0 saturated heterocycles. The van der Waals surface area contributed by atoms with Crippen molar-refractivity contribution in [2.45, 2.75) is 25.4 Å². The maximum atomic E-state index is 5.23. The lowest BCUT2D eigenvalue weighted by Gasteiger charge is -2.27. The molecule has 0 atom stereocenters. The number of nitrogens with zero attached hydrogens (tertiary/aromatic N) is 1. The molecule has 1 aromatic carbocycles. The van der Waals surface area contributed by atoms with Gasteiger partial charge in [0.05, 0.1) is 6.61 Å². The van der Waals surface area contributed by atoms with Crippen LogP contribution in [0.2, 0.25) is 0 Å². The van der Waals surface area contributed by atoms with Crippen LogP contribution in [0.5, 0.6) is 0 Å². The van der Waals surface area contributed by atoms with Gasteiger partial charge in [-0.25, -0.2) is 0 Å². The standard InChI is InChI=1S/C14H21BrN2O/c1-16-10-11-9-12(15)3-6-14(11)17(7-8-18-2)13-4-5-13/h3,6,9,13,16H,4-5,7-8,10H2,1-2H3. The van der Waals surface area contributed by atoms with E-state index in [9.17, 15) is 0 Å². The smallest absolute Gasteiger partial charge is 0.0637 e. The molecule has 1 aliphatic carbocycles. The highest BCUT2D eigenvalue weighted by Crippen LogP contribution is 2.34. The largest absolute Gasteiger partial charge is 0.383 e. The summed E-state index contributed by atoms with van der Waals surface area (Å²) in [5, 5.41) is 3.24. The summed E-state index contributed by atoms with van der Waals surface area (Å²) in [6.45, 7) is 2.65. The Morgan fingerprint density at radius 3 is 2.83 bits per heavy atom. The zero-order chi connectivity index (χ0) is 13.0. The van der Waals surface area contributed by atoms with Gasteiger partial charge in [0.15, 0.2) is 0 Å². The number of anilines is 1. The molecule has 1 aliphatic rings. The van der Waals surface area contributed by atoms with Crippen molar-refractivity contribution in [3.8, 4) is 0 Å². The van der Waals surface area contributed by atoms with Gasteiger partial charge in [0.1, 0.15) is 0 Å². The molecule has 2 rings (SSSR count). The van der Waals surface area contributed by atoms with Crippen LogP contribution in [0, 0.1) is 0 Å². The number of nitrogens with one attached hydrogen (secondary N) is 1. The fourth-order valence-corrected chi connectivity index (χ4v) is 2.65. The van der Waals surface area contributed by atoms with E-state index in [1.807, 2.05) is 7.05 Å². The van der Waals surface area contributed by atoms with Gasteiger partial charge in [0, 0.05) is 36.4 Å². The van der Waals surface area contributed by atoms with Gasteiger partial charge in [0.2, 0.25) is 0 Å². The van der Waals surface area contributed by atoms with Gasteiger partial charge >= 0.3 is 0 Å². The van der Waals surface area contributed by atoms with E-state index in [4.69, 9.17) is 4.74 Å². The molecule has 3 nitrogen and oxygen atoms in total. The first-order valence-electron chi connectivity index (χ1n) is 6.45. The molecular formula is C14H21BrN2O. The monoisotopic (exact) mass is 312 g/mol. The van der Waals surface area contributed by atoms with Crippen molar-refractivity contribution >= 4 is 21.6 Å². The number of hydrogen-bond acceptors (Lipinski definition) is 3. The van der Waals surface area contributed by atoms with Crippen LogP contribution in [0.15, 0.2) is 22.7 Å². The summed E-state index contributed by atoms with van der Waals surface area (Å²) in [5.74, 6) is 0. The fraction of sp³-hybridized carbons (Fsp3) is 0.571. The summed E-state index contributed by atoms with van der Waals surface area (Å²) >= 11 is 3.55. The van der Waals surface area contributed by atoms with Crippen molar-refractivity contribution in [2.75, 3.05) is 32.2 Å². The topological polar surface area (TPSA) is 24.5 Å². The highest BCUT2D eigenvalue weighted by atomic mass is 79.9. The van der Waals surface area contributed by atoms with E-state index in [1.165, 1.54) is 24.1 Å². The first kappa shape index (κ1) is 13.8. The quantitative estimate of drug-likeness (QED) is 0.838. The molecule has 0 aliphatic heterocycles. The fourth-order valence-electron chi connectivity index (χ4n) is 2.24. The number of benzene rings is 1. The summed E-state index contributed by atoms with van der Waals surface area (Å²) < 4.78 is 6.37. The van der Waals surface area contributed by atoms with E-state index in [0.29, 0.717) is 6.04 Å². The second-order valence-corrected chi connectivity index (χ2v) is 5.64. The highest BCUT2D eigenvalue weighted by Gasteiger charge is 2.30. The first-order valence-corrected chi connectivity index (χ1v) is 7.24. The van der Waals surface area contributed by atoms with Crippen LogP contribution in [0.25, 0.3) is 0 Å². The molecule has 0 heterocycles. The van der Waals surface area contributed by atoms with Crippen LogP contribution in [-0.4, -0.2) is 33.4 Å². The van der Waals surface area contributed by atoms with E-state index in [2.05, 4.69) is 44.3 Å². The third-order valence-electron chi connectivity index (χ3n) is 3.24. The number of rotatable bonds is 7. The van der Waals surface area contributed by atoms with E-state index in [0.717, 1.165) is 24.2 Å². The molecule has 18 heavy (non-hydrogen) atoms. The minimum atomic E-state index is 0.705. The number of halogens is 1. The van der Waals surface area contributed by atoms with Crippen molar-refractivity contribution in [2.24, 2.45) is 0 Å². The Balaban J connectivity index is 2.21. The Morgan fingerprint density at radius 2 is 2.22 bits per heavy atom. The Morgan fingerprint density at radius 1 is 1.44 bits per heavy atom. The van der Waals surface area contributed by atoms with Crippen molar-refractivity contribution in [3.05, 3.63) is 28.2 Å². The molecule has 0 bridgehead atoms. The lowest BCUT2D eigenvalue weighted by Crippen LogP contribution is -2.30. The normalized spacial score (nSPS) is 14.8. The summed E-state index contributed by atoms with van der Waals surface area (Å²) in [5.41, 5.74) is 2.68. The van der Waals surface area contributed by atoms with Crippen molar-refractivity contribution in [3.63, 3.8) is 0 Å². The SMILES string of the molecule is CNCc1cc(Br)ccc1N(CCOC)C1CC1. The minimum absolute atomic E-state index is 0.705. The average Bonchev–Trinajstić information content (AvgIpc) is 3.17. The highest BCUT2D eigenvalue weighted by molar-refractivity contribution is 9.10. The van der Waals surface area contributed by atoms with Crippen LogP contribution in [0.1, 0.15) is 18.4 Å². The van der Waals surface area contributed by atoms with E-state index < -0.39 is 0 Å². The minimum Gasteiger partial charge on any atom is -0.383 e. The van der Waals surface area contributed by atoms with Gasteiger partial charge in [-0.05, 0) is 43.7 Å². The van der Waals surface area contributed by atoms with Gasteiger partial charge < -0.3 is 15.0 Å². The Bertz CT molecular complexity index is 393. The predicted molar refractivity (Wildman–Crippen MR) is 79.1 cm³/mol. The molecule has 100 valence electrons. The lowest BCUT2D eigenvalue weighted by molar-refractivity contribution is 0.205. The van der Waals surface area contributed by atoms with E-state index >= 15 is 0 Å². The predicted octanol–water partition coefficient (Wildman–Crippen LogP) is 2.78. The Labute approximate surface area is 118 Å². The maximum Gasteiger partial charge on any atom is 0.0637 e. The van der Waals surface area contributed by atoms with Gasteiger partial charge in [0.25, 0.3) is 0 Å². The van der Waals surface area contributed by atoms with Gasteiger partial charge in [-0.15, -0.1) is 0 Å². The summed E-state index contributed by atoms with van der Waals surface area (Å²) in [6.07, 6.45) is 2.61. The zero-order valence-electron chi connectivity index (χ0n) is 11.1. The van der Waals surface area contributed by atoms with Gasteiger partial charge in [-0.1, -0.05) is 15.9 Å². The average molecular weight is 313 g/mol. The molecule has 0 aromatic heterocycles. The first-order chi connectivity index (χ1) is 8.76.